The van der Waals surface area contributed by atoms with Gasteiger partial charge in [0.25, 0.3) is 0 Å². The molecule has 0 spiro atoms. The summed E-state index contributed by atoms with van der Waals surface area (Å²) >= 11 is 0. The summed E-state index contributed by atoms with van der Waals surface area (Å²) in [6.45, 7) is 9.38. The standard InChI is InChI=1S/C27H42O4/c1-5-24(29)31-15-7-6-12-27(30)14-11-22-21-9-8-19-17-20(28)16-18(2)26(19,4)23(21)10-13-25(22,27)3/h17-18,21-23,30H,5-16H2,1-4H3/t18-,21-,22-,23-,25-,26-,27-/m0/s1. The fourth-order valence-electron chi connectivity index (χ4n) is 8.27. The largest absolute Gasteiger partial charge is 0.466 e. The lowest BCUT2D eigenvalue weighted by Crippen LogP contribution is -2.56. The number of hydrogen-bond donors (Lipinski definition) is 1. The third-order valence-corrected chi connectivity index (χ3v) is 10.4. The van der Waals surface area contributed by atoms with Crippen LogP contribution in [-0.2, 0) is 14.3 Å². The minimum Gasteiger partial charge on any atom is -0.466 e. The van der Waals surface area contributed by atoms with Crippen LogP contribution in [0.25, 0.3) is 0 Å². The first kappa shape index (κ1) is 23.0. The first-order valence-electron chi connectivity index (χ1n) is 12.8. The van der Waals surface area contributed by atoms with Gasteiger partial charge in [0.2, 0.25) is 0 Å². The van der Waals surface area contributed by atoms with Crippen molar-refractivity contribution in [1.29, 1.82) is 0 Å². The maximum absolute atomic E-state index is 12.2. The minimum absolute atomic E-state index is 0.0143. The Labute approximate surface area is 188 Å². The first-order chi connectivity index (χ1) is 14.7. The zero-order valence-corrected chi connectivity index (χ0v) is 20.0. The van der Waals surface area contributed by atoms with E-state index >= 15 is 0 Å². The van der Waals surface area contributed by atoms with Crippen LogP contribution in [-0.4, -0.2) is 29.1 Å². The minimum atomic E-state index is -0.595. The summed E-state index contributed by atoms with van der Waals surface area (Å²) in [5, 5.41) is 11.8. The Morgan fingerprint density at radius 2 is 1.90 bits per heavy atom. The smallest absolute Gasteiger partial charge is 0.305 e. The van der Waals surface area contributed by atoms with Crippen LogP contribution in [0.15, 0.2) is 11.6 Å². The molecule has 0 heterocycles. The number of ketones is 1. The van der Waals surface area contributed by atoms with Crippen molar-refractivity contribution >= 4 is 11.8 Å². The summed E-state index contributed by atoms with van der Waals surface area (Å²) in [6.07, 6.45) is 12.2. The van der Waals surface area contributed by atoms with Crippen molar-refractivity contribution in [3.8, 4) is 0 Å². The van der Waals surface area contributed by atoms with Crippen LogP contribution in [0.4, 0.5) is 0 Å². The van der Waals surface area contributed by atoms with Crippen molar-refractivity contribution in [2.75, 3.05) is 6.61 Å². The summed E-state index contributed by atoms with van der Waals surface area (Å²) < 4.78 is 5.22. The molecule has 3 saturated carbocycles. The van der Waals surface area contributed by atoms with E-state index in [2.05, 4.69) is 20.8 Å². The van der Waals surface area contributed by atoms with E-state index in [1.54, 1.807) is 0 Å². The lowest BCUT2D eigenvalue weighted by Gasteiger charge is -2.60. The molecule has 0 amide bonds. The van der Waals surface area contributed by atoms with Gasteiger partial charge in [-0.2, -0.15) is 0 Å². The van der Waals surface area contributed by atoms with Crippen LogP contribution in [0.2, 0.25) is 0 Å². The Hall–Kier alpha value is -1.16. The van der Waals surface area contributed by atoms with Gasteiger partial charge in [-0.05, 0) is 98.4 Å². The predicted octanol–water partition coefficient (Wildman–Crippen LogP) is 5.62. The monoisotopic (exact) mass is 430 g/mol. The van der Waals surface area contributed by atoms with Crippen molar-refractivity contribution in [3.63, 3.8) is 0 Å². The Bertz CT molecular complexity index is 756. The number of allylic oxidation sites excluding steroid dienone is 1. The highest BCUT2D eigenvalue weighted by Crippen LogP contribution is 2.68. The van der Waals surface area contributed by atoms with Gasteiger partial charge in [0.15, 0.2) is 5.78 Å². The molecule has 0 saturated heterocycles. The Morgan fingerprint density at radius 1 is 1.16 bits per heavy atom. The van der Waals surface area contributed by atoms with Crippen molar-refractivity contribution in [2.24, 2.45) is 34.5 Å². The molecule has 0 unspecified atom stereocenters. The van der Waals surface area contributed by atoms with Crippen molar-refractivity contribution in [3.05, 3.63) is 11.6 Å². The SMILES string of the molecule is CCC(=O)OCCCC[C@]1(O)CC[C@H]2[C@@H]3CCC4=CC(=O)C[C@H](C)[C@]4(C)[C@H]3CC[C@@]21C. The molecule has 4 aliphatic carbocycles. The Balaban J connectivity index is 1.46. The van der Waals surface area contributed by atoms with E-state index < -0.39 is 5.60 Å². The van der Waals surface area contributed by atoms with E-state index in [9.17, 15) is 14.7 Å². The lowest BCUT2D eigenvalue weighted by atomic mass is 9.44. The topological polar surface area (TPSA) is 63.6 Å². The van der Waals surface area contributed by atoms with E-state index in [1.807, 2.05) is 13.0 Å². The van der Waals surface area contributed by atoms with E-state index in [0.717, 1.165) is 44.9 Å². The normalized spacial score (nSPS) is 44.2. The first-order valence-corrected chi connectivity index (χ1v) is 12.8. The van der Waals surface area contributed by atoms with E-state index in [0.29, 0.717) is 48.9 Å². The molecular formula is C27H42O4. The molecule has 7 atom stereocenters. The maximum atomic E-state index is 12.2. The zero-order chi connectivity index (χ0) is 22.4. The molecule has 0 bridgehead atoms. The summed E-state index contributed by atoms with van der Waals surface area (Å²) in [6, 6.07) is 0. The number of ether oxygens (including phenoxy) is 1. The molecule has 4 heteroatoms. The molecule has 4 rings (SSSR count). The number of aliphatic hydroxyl groups is 1. The molecular weight excluding hydrogens is 388 g/mol. The van der Waals surface area contributed by atoms with E-state index in [1.165, 1.54) is 18.4 Å². The van der Waals surface area contributed by atoms with Crippen LogP contribution >= 0.6 is 0 Å². The van der Waals surface area contributed by atoms with Gasteiger partial charge in [-0.1, -0.05) is 33.3 Å². The summed E-state index contributed by atoms with van der Waals surface area (Å²) in [5.41, 5.74) is 0.959. The van der Waals surface area contributed by atoms with Crippen LogP contribution < -0.4 is 0 Å². The second-order valence-corrected chi connectivity index (χ2v) is 11.5. The highest BCUT2D eigenvalue weighted by atomic mass is 16.5. The van der Waals surface area contributed by atoms with Gasteiger partial charge in [0, 0.05) is 12.8 Å². The fourth-order valence-corrected chi connectivity index (χ4v) is 8.27. The van der Waals surface area contributed by atoms with Crippen molar-refractivity contribution in [2.45, 2.75) is 104 Å². The second kappa shape index (κ2) is 8.32. The van der Waals surface area contributed by atoms with Crippen LogP contribution in [0.5, 0.6) is 0 Å². The summed E-state index contributed by atoms with van der Waals surface area (Å²) in [7, 11) is 0. The molecule has 0 aromatic heterocycles. The molecule has 0 radical (unpaired) electrons. The summed E-state index contributed by atoms with van der Waals surface area (Å²) in [4.78, 5) is 23.6. The zero-order valence-electron chi connectivity index (χ0n) is 20.0. The van der Waals surface area contributed by atoms with E-state index in [4.69, 9.17) is 4.74 Å². The molecule has 4 nitrogen and oxygen atoms in total. The van der Waals surface area contributed by atoms with Gasteiger partial charge in [0.1, 0.15) is 0 Å². The van der Waals surface area contributed by atoms with Crippen LogP contribution in [0.3, 0.4) is 0 Å². The highest BCUT2D eigenvalue weighted by molar-refractivity contribution is 5.92. The van der Waals surface area contributed by atoms with Crippen LogP contribution in [0, 0.1) is 34.5 Å². The van der Waals surface area contributed by atoms with Crippen LogP contribution in [0.1, 0.15) is 98.3 Å². The van der Waals surface area contributed by atoms with Gasteiger partial charge in [-0.25, -0.2) is 0 Å². The predicted molar refractivity (Wildman–Crippen MR) is 121 cm³/mol. The Morgan fingerprint density at radius 3 is 2.65 bits per heavy atom. The van der Waals surface area contributed by atoms with Gasteiger partial charge in [0.05, 0.1) is 12.2 Å². The molecule has 1 N–H and O–H groups in total. The molecule has 174 valence electrons. The van der Waals surface area contributed by atoms with E-state index in [-0.39, 0.29) is 16.8 Å². The van der Waals surface area contributed by atoms with Gasteiger partial charge in [-0.3, -0.25) is 9.59 Å². The number of carbonyl (C=O) groups excluding carboxylic acids is 2. The third-order valence-electron chi connectivity index (χ3n) is 10.4. The highest BCUT2D eigenvalue weighted by Gasteiger charge is 2.64. The van der Waals surface area contributed by atoms with Gasteiger partial charge in [-0.15, -0.1) is 0 Å². The van der Waals surface area contributed by atoms with Crippen molar-refractivity contribution in [1.82, 2.24) is 0 Å². The number of unbranched alkanes of at least 4 members (excludes halogenated alkanes) is 1. The number of hydrogen-bond acceptors (Lipinski definition) is 4. The molecule has 0 aliphatic heterocycles. The average molecular weight is 431 g/mol. The fraction of sp³-hybridized carbons (Fsp3) is 0.852. The molecule has 0 aromatic carbocycles. The van der Waals surface area contributed by atoms with Crippen molar-refractivity contribution < 1.29 is 19.4 Å². The quantitative estimate of drug-likeness (QED) is 0.439. The number of rotatable bonds is 6. The van der Waals surface area contributed by atoms with Gasteiger partial charge < -0.3 is 9.84 Å². The summed E-state index contributed by atoms with van der Waals surface area (Å²) in [5.74, 6) is 2.49. The average Bonchev–Trinajstić information content (AvgIpc) is 3.00. The molecule has 4 aliphatic rings. The molecule has 0 aromatic rings. The number of esters is 1. The maximum Gasteiger partial charge on any atom is 0.305 e. The molecule has 31 heavy (non-hydrogen) atoms. The molecule has 3 fully saturated rings. The second-order valence-electron chi connectivity index (χ2n) is 11.5. The Kier molecular flexibility index (Phi) is 6.17. The third kappa shape index (κ3) is 3.61. The number of carbonyl (C=O) groups is 2. The van der Waals surface area contributed by atoms with Gasteiger partial charge >= 0.3 is 5.97 Å². The number of fused-ring (bicyclic) bond motifs is 5. The lowest BCUT2D eigenvalue weighted by molar-refractivity contribution is -0.144.